The molecule has 2 N–H and O–H groups in total. The lowest BCUT2D eigenvalue weighted by molar-refractivity contribution is -0.127. The fourth-order valence-corrected chi connectivity index (χ4v) is 2.24. The molecule has 2 unspecified atom stereocenters. The molecule has 0 aromatic carbocycles. The van der Waals surface area contributed by atoms with E-state index in [4.69, 9.17) is 4.42 Å². The lowest BCUT2D eigenvalue weighted by Gasteiger charge is -2.33. The van der Waals surface area contributed by atoms with Gasteiger partial charge in [0.1, 0.15) is 5.76 Å². The fraction of sp³-hybridized carbons (Fsp3) is 0.615. The first-order valence-electron chi connectivity index (χ1n) is 6.39. The van der Waals surface area contributed by atoms with Crippen LogP contribution in [0.4, 0.5) is 0 Å². The van der Waals surface area contributed by atoms with E-state index in [1.165, 1.54) is 0 Å². The van der Waals surface area contributed by atoms with Crippen LogP contribution in [0.2, 0.25) is 0 Å². The third kappa shape index (κ3) is 3.34. The fourth-order valence-electron chi connectivity index (χ4n) is 2.24. The maximum atomic E-state index is 12.0. The Hall–Kier alpha value is -1.33. The standard InChI is InChI=1S/C13H20N2O3/c1-10(15-6-2-4-11(16)9-15)13(17)14-8-12-5-3-7-18-12/h3,5,7,10-11,16H,2,4,6,8-9H2,1H3,(H,14,17). The number of piperidine rings is 1. The highest BCUT2D eigenvalue weighted by molar-refractivity contribution is 5.81. The van der Waals surface area contributed by atoms with Crippen molar-refractivity contribution in [2.45, 2.75) is 38.5 Å². The number of aliphatic hydroxyl groups is 1. The van der Waals surface area contributed by atoms with Gasteiger partial charge in [0.05, 0.1) is 25.0 Å². The number of nitrogens with zero attached hydrogens (tertiary/aromatic N) is 1. The molecule has 2 heterocycles. The van der Waals surface area contributed by atoms with Crippen LogP contribution < -0.4 is 5.32 Å². The topological polar surface area (TPSA) is 65.7 Å². The molecule has 1 amide bonds. The molecule has 100 valence electrons. The number of hydrogen-bond donors (Lipinski definition) is 2. The van der Waals surface area contributed by atoms with E-state index in [9.17, 15) is 9.90 Å². The molecular weight excluding hydrogens is 232 g/mol. The first-order valence-corrected chi connectivity index (χ1v) is 6.39. The summed E-state index contributed by atoms with van der Waals surface area (Å²) in [5.74, 6) is 0.717. The van der Waals surface area contributed by atoms with Crippen molar-refractivity contribution in [3.63, 3.8) is 0 Å². The van der Waals surface area contributed by atoms with E-state index < -0.39 is 0 Å². The van der Waals surface area contributed by atoms with E-state index >= 15 is 0 Å². The Kier molecular flexibility index (Phi) is 4.38. The highest BCUT2D eigenvalue weighted by Gasteiger charge is 2.26. The summed E-state index contributed by atoms with van der Waals surface area (Å²) in [5.41, 5.74) is 0. The van der Waals surface area contributed by atoms with Crippen molar-refractivity contribution < 1.29 is 14.3 Å². The largest absolute Gasteiger partial charge is 0.467 e. The first-order chi connectivity index (χ1) is 8.66. The summed E-state index contributed by atoms with van der Waals surface area (Å²) < 4.78 is 5.16. The Morgan fingerprint density at radius 1 is 1.72 bits per heavy atom. The lowest BCUT2D eigenvalue weighted by Crippen LogP contribution is -2.50. The van der Waals surface area contributed by atoms with Gasteiger partial charge in [0, 0.05) is 6.54 Å². The second-order valence-electron chi connectivity index (χ2n) is 4.76. The van der Waals surface area contributed by atoms with Gasteiger partial charge in [-0.05, 0) is 38.4 Å². The molecule has 0 radical (unpaired) electrons. The number of hydrogen-bond acceptors (Lipinski definition) is 4. The molecule has 5 nitrogen and oxygen atoms in total. The van der Waals surface area contributed by atoms with Gasteiger partial charge < -0.3 is 14.8 Å². The number of carbonyl (C=O) groups excluding carboxylic acids is 1. The highest BCUT2D eigenvalue weighted by atomic mass is 16.3. The first kappa shape index (κ1) is 13.1. The number of likely N-dealkylation sites (tertiary alicyclic amines) is 1. The van der Waals surface area contributed by atoms with E-state index in [0.717, 1.165) is 25.1 Å². The van der Waals surface area contributed by atoms with Crippen LogP contribution >= 0.6 is 0 Å². The number of amides is 1. The summed E-state index contributed by atoms with van der Waals surface area (Å²) in [6, 6.07) is 3.41. The molecule has 0 aliphatic carbocycles. The molecular formula is C13H20N2O3. The lowest BCUT2D eigenvalue weighted by atomic mass is 10.1. The maximum absolute atomic E-state index is 12.0. The van der Waals surface area contributed by atoms with Crippen molar-refractivity contribution in [3.05, 3.63) is 24.2 Å². The predicted octanol–water partition coefficient (Wildman–Crippen LogP) is 0.741. The molecule has 1 aromatic rings. The average molecular weight is 252 g/mol. The Bertz CT molecular complexity index is 378. The van der Waals surface area contributed by atoms with E-state index in [2.05, 4.69) is 5.32 Å². The minimum atomic E-state index is -0.306. The molecule has 5 heteroatoms. The Balaban J connectivity index is 1.80. The molecule has 1 aromatic heterocycles. The molecule has 18 heavy (non-hydrogen) atoms. The normalized spacial score (nSPS) is 22.7. The number of nitrogens with one attached hydrogen (secondary N) is 1. The van der Waals surface area contributed by atoms with E-state index in [-0.39, 0.29) is 18.1 Å². The Morgan fingerprint density at radius 3 is 3.22 bits per heavy atom. The smallest absolute Gasteiger partial charge is 0.237 e. The van der Waals surface area contributed by atoms with Gasteiger partial charge in [-0.3, -0.25) is 9.69 Å². The minimum absolute atomic E-state index is 0.0273. The second kappa shape index (κ2) is 6.02. The van der Waals surface area contributed by atoms with Crippen molar-refractivity contribution >= 4 is 5.91 Å². The van der Waals surface area contributed by atoms with Gasteiger partial charge in [-0.2, -0.15) is 0 Å². The van der Waals surface area contributed by atoms with Crippen molar-refractivity contribution in [3.8, 4) is 0 Å². The number of aliphatic hydroxyl groups excluding tert-OH is 1. The molecule has 2 rings (SSSR count). The zero-order valence-corrected chi connectivity index (χ0v) is 10.6. The maximum Gasteiger partial charge on any atom is 0.237 e. The van der Waals surface area contributed by atoms with Crippen LogP contribution in [0.3, 0.4) is 0 Å². The summed E-state index contributed by atoms with van der Waals surface area (Å²) in [6.45, 7) is 3.73. The molecule has 0 spiro atoms. The second-order valence-corrected chi connectivity index (χ2v) is 4.76. The quantitative estimate of drug-likeness (QED) is 0.829. The molecule has 1 aliphatic heterocycles. The van der Waals surface area contributed by atoms with Crippen molar-refractivity contribution in [2.24, 2.45) is 0 Å². The highest BCUT2D eigenvalue weighted by Crippen LogP contribution is 2.13. The SMILES string of the molecule is CC(C(=O)NCc1ccco1)N1CCCC(O)C1. The van der Waals surface area contributed by atoms with Gasteiger partial charge in [-0.15, -0.1) is 0 Å². The van der Waals surface area contributed by atoms with Crippen LogP contribution in [0.25, 0.3) is 0 Å². The molecule has 0 bridgehead atoms. The van der Waals surface area contributed by atoms with Crippen LogP contribution in [0.5, 0.6) is 0 Å². The number of β-amino-alcohol motifs (C(OH)–C–C–N with tert-alkyl or cyclic N) is 1. The predicted molar refractivity (Wildman–Crippen MR) is 66.8 cm³/mol. The van der Waals surface area contributed by atoms with Crippen LogP contribution in [-0.4, -0.2) is 41.1 Å². The minimum Gasteiger partial charge on any atom is -0.467 e. The summed E-state index contributed by atoms with van der Waals surface area (Å²) in [4.78, 5) is 14.0. The van der Waals surface area contributed by atoms with Gasteiger partial charge in [0.15, 0.2) is 0 Å². The van der Waals surface area contributed by atoms with Crippen LogP contribution in [0.1, 0.15) is 25.5 Å². The van der Waals surface area contributed by atoms with Crippen molar-refractivity contribution in [2.75, 3.05) is 13.1 Å². The Morgan fingerprint density at radius 2 is 2.56 bits per heavy atom. The zero-order chi connectivity index (χ0) is 13.0. The summed E-state index contributed by atoms with van der Waals surface area (Å²) in [7, 11) is 0. The van der Waals surface area contributed by atoms with E-state index in [1.807, 2.05) is 17.9 Å². The van der Waals surface area contributed by atoms with Crippen molar-refractivity contribution in [1.29, 1.82) is 0 Å². The van der Waals surface area contributed by atoms with Crippen molar-refractivity contribution in [1.82, 2.24) is 10.2 Å². The molecule has 0 saturated carbocycles. The van der Waals surface area contributed by atoms with Crippen LogP contribution in [-0.2, 0) is 11.3 Å². The van der Waals surface area contributed by atoms with Crippen LogP contribution in [0.15, 0.2) is 22.8 Å². The number of carbonyl (C=O) groups is 1. The van der Waals surface area contributed by atoms with E-state index in [0.29, 0.717) is 13.1 Å². The molecule has 2 atom stereocenters. The average Bonchev–Trinajstić information content (AvgIpc) is 2.88. The molecule has 1 aliphatic rings. The monoisotopic (exact) mass is 252 g/mol. The molecule has 1 saturated heterocycles. The summed E-state index contributed by atoms with van der Waals surface area (Å²) >= 11 is 0. The zero-order valence-electron chi connectivity index (χ0n) is 10.6. The summed E-state index contributed by atoms with van der Waals surface area (Å²) in [5, 5.41) is 12.4. The van der Waals surface area contributed by atoms with Gasteiger partial charge >= 0.3 is 0 Å². The Labute approximate surface area is 107 Å². The summed E-state index contributed by atoms with van der Waals surface area (Å²) in [6.07, 6.45) is 3.05. The number of furan rings is 1. The number of rotatable bonds is 4. The van der Waals surface area contributed by atoms with Gasteiger partial charge in [-0.1, -0.05) is 0 Å². The van der Waals surface area contributed by atoms with Gasteiger partial charge in [0.2, 0.25) is 5.91 Å². The third-order valence-corrected chi connectivity index (χ3v) is 3.37. The molecule has 1 fully saturated rings. The van der Waals surface area contributed by atoms with Gasteiger partial charge in [-0.25, -0.2) is 0 Å². The third-order valence-electron chi connectivity index (χ3n) is 3.37. The van der Waals surface area contributed by atoms with Gasteiger partial charge in [0.25, 0.3) is 0 Å². The van der Waals surface area contributed by atoms with E-state index in [1.54, 1.807) is 12.3 Å². The van der Waals surface area contributed by atoms with Crippen LogP contribution in [0, 0.1) is 0 Å².